The van der Waals surface area contributed by atoms with E-state index in [2.05, 4.69) is 13.8 Å². The van der Waals surface area contributed by atoms with Gasteiger partial charge in [-0.1, -0.05) is 38.5 Å². The van der Waals surface area contributed by atoms with Gasteiger partial charge in [0.2, 0.25) is 0 Å². The summed E-state index contributed by atoms with van der Waals surface area (Å²) in [6.45, 7) is 7.24. The van der Waals surface area contributed by atoms with Crippen molar-refractivity contribution in [3.63, 3.8) is 0 Å². The second-order valence-corrected chi connectivity index (χ2v) is 5.94. The summed E-state index contributed by atoms with van der Waals surface area (Å²) in [6.07, 6.45) is 3.06. The van der Waals surface area contributed by atoms with Gasteiger partial charge in [0.15, 0.2) is 0 Å². The molecule has 4 atom stereocenters. The maximum atomic E-state index is 10.7. The van der Waals surface area contributed by atoms with Crippen LogP contribution in [0.15, 0.2) is 24.3 Å². The maximum absolute atomic E-state index is 10.7. The molecule has 0 radical (unpaired) electrons. The van der Waals surface area contributed by atoms with Crippen LogP contribution in [0.3, 0.4) is 0 Å². The van der Waals surface area contributed by atoms with E-state index in [1.807, 2.05) is 31.2 Å². The first-order chi connectivity index (χ1) is 9.13. The Morgan fingerprint density at radius 2 is 1.95 bits per heavy atom. The quantitative estimate of drug-likeness (QED) is 0.881. The van der Waals surface area contributed by atoms with Crippen LogP contribution in [-0.4, -0.2) is 11.7 Å². The first-order valence-electron chi connectivity index (χ1n) is 7.53. The van der Waals surface area contributed by atoms with Gasteiger partial charge in [0.05, 0.1) is 12.7 Å². The fraction of sp³-hybridized carbons (Fsp3) is 0.647. The van der Waals surface area contributed by atoms with E-state index in [1.54, 1.807) is 0 Å². The molecule has 1 aromatic rings. The number of para-hydroxylation sites is 1. The van der Waals surface area contributed by atoms with E-state index in [9.17, 15) is 5.11 Å². The number of aliphatic hydroxyl groups excluding tert-OH is 1. The lowest BCUT2D eigenvalue weighted by Gasteiger charge is -2.35. The first kappa shape index (κ1) is 14.4. The van der Waals surface area contributed by atoms with Gasteiger partial charge in [-0.05, 0) is 43.6 Å². The van der Waals surface area contributed by atoms with Gasteiger partial charge in [-0.15, -0.1) is 0 Å². The van der Waals surface area contributed by atoms with Crippen LogP contribution in [-0.2, 0) is 0 Å². The van der Waals surface area contributed by atoms with E-state index in [0.29, 0.717) is 18.4 Å². The van der Waals surface area contributed by atoms with Crippen LogP contribution in [0.5, 0.6) is 5.75 Å². The van der Waals surface area contributed by atoms with Gasteiger partial charge >= 0.3 is 0 Å². The van der Waals surface area contributed by atoms with E-state index in [0.717, 1.165) is 30.1 Å². The minimum Gasteiger partial charge on any atom is -0.493 e. The standard InChI is InChI=1S/C17H26O2/c1-4-19-16-8-6-5-7-15(16)17(18)14-10-9-12(2)13(3)11-14/h5-8,12-14,17-18H,4,9-11H2,1-3H3. The van der Waals surface area contributed by atoms with Crippen molar-refractivity contribution in [1.82, 2.24) is 0 Å². The first-order valence-corrected chi connectivity index (χ1v) is 7.53. The summed E-state index contributed by atoms with van der Waals surface area (Å²) in [5.74, 6) is 2.69. The van der Waals surface area contributed by atoms with Crippen molar-refractivity contribution in [2.75, 3.05) is 6.61 Å². The molecule has 0 amide bonds. The summed E-state index contributed by atoms with van der Waals surface area (Å²) in [4.78, 5) is 0. The van der Waals surface area contributed by atoms with Crippen molar-refractivity contribution < 1.29 is 9.84 Å². The Morgan fingerprint density at radius 1 is 1.21 bits per heavy atom. The molecule has 1 fully saturated rings. The molecule has 4 unspecified atom stereocenters. The highest BCUT2D eigenvalue weighted by atomic mass is 16.5. The molecular formula is C17H26O2. The summed E-state index contributed by atoms with van der Waals surface area (Å²) >= 11 is 0. The SMILES string of the molecule is CCOc1ccccc1C(O)C1CCC(C)C(C)C1. The van der Waals surface area contributed by atoms with Gasteiger partial charge in [0.25, 0.3) is 0 Å². The molecule has 0 spiro atoms. The summed E-state index contributed by atoms with van der Waals surface area (Å²) in [5.41, 5.74) is 0.955. The second kappa shape index (κ2) is 6.42. The van der Waals surface area contributed by atoms with Crippen LogP contribution in [0.4, 0.5) is 0 Å². The fourth-order valence-electron chi connectivity index (χ4n) is 3.14. The third-order valence-corrected chi connectivity index (χ3v) is 4.62. The smallest absolute Gasteiger partial charge is 0.125 e. The fourth-order valence-corrected chi connectivity index (χ4v) is 3.14. The monoisotopic (exact) mass is 262 g/mol. The Kier molecular flexibility index (Phi) is 4.87. The minimum atomic E-state index is -0.391. The van der Waals surface area contributed by atoms with Gasteiger partial charge in [0, 0.05) is 5.56 Å². The summed E-state index contributed by atoms with van der Waals surface area (Å²) < 4.78 is 5.64. The summed E-state index contributed by atoms with van der Waals surface area (Å²) in [6, 6.07) is 7.90. The molecule has 0 aromatic heterocycles. The molecule has 0 heterocycles. The van der Waals surface area contributed by atoms with Crippen LogP contribution in [0.1, 0.15) is 51.7 Å². The molecule has 2 rings (SSSR count). The van der Waals surface area contributed by atoms with Crippen LogP contribution in [0, 0.1) is 17.8 Å². The van der Waals surface area contributed by atoms with Gasteiger partial charge in [-0.2, -0.15) is 0 Å². The van der Waals surface area contributed by atoms with E-state index in [4.69, 9.17) is 4.74 Å². The molecule has 19 heavy (non-hydrogen) atoms. The Balaban J connectivity index is 2.13. The van der Waals surface area contributed by atoms with Crippen LogP contribution >= 0.6 is 0 Å². The van der Waals surface area contributed by atoms with Crippen molar-refractivity contribution in [2.45, 2.75) is 46.1 Å². The van der Waals surface area contributed by atoms with Crippen LogP contribution in [0.25, 0.3) is 0 Å². The highest BCUT2D eigenvalue weighted by Gasteiger charge is 2.31. The topological polar surface area (TPSA) is 29.5 Å². The second-order valence-electron chi connectivity index (χ2n) is 5.94. The number of ether oxygens (including phenoxy) is 1. The molecule has 1 N–H and O–H groups in total. The largest absolute Gasteiger partial charge is 0.493 e. The minimum absolute atomic E-state index is 0.368. The lowest BCUT2D eigenvalue weighted by molar-refractivity contribution is 0.0540. The predicted molar refractivity (Wildman–Crippen MR) is 78.2 cm³/mol. The van der Waals surface area contributed by atoms with E-state index < -0.39 is 6.10 Å². The van der Waals surface area contributed by atoms with Crippen LogP contribution < -0.4 is 4.74 Å². The summed E-state index contributed by atoms with van der Waals surface area (Å²) in [7, 11) is 0. The molecule has 1 aliphatic carbocycles. The highest BCUT2D eigenvalue weighted by Crippen LogP contribution is 2.41. The zero-order valence-electron chi connectivity index (χ0n) is 12.3. The predicted octanol–water partition coefficient (Wildman–Crippen LogP) is 4.19. The molecule has 2 heteroatoms. The van der Waals surface area contributed by atoms with Gasteiger partial charge in [-0.3, -0.25) is 0 Å². The molecule has 106 valence electrons. The number of rotatable bonds is 4. The highest BCUT2D eigenvalue weighted by molar-refractivity contribution is 5.35. The molecule has 1 saturated carbocycles. The van der Waals surface area contributed by atoms with E-state index in [1.165, 1.54) is 6.42 Å². The van der Waals surface area contributed by atoms with Crippen molar-refractivity contribution in [3.8, 4) is 5.75 Å². The third-order valence-electron chi connectivity index (χ3n) is 4.62. The number of hydrogen-bond acceptors (Lipinski definition) is 2. The Morgan fingerprint density at radius 3 is 2.63 bits per heavy atom. The molecule has 0 saturated heterocycles. The third kappa shape index (κ3) is 3.30. The molecule has 0 aliphatic heterocycles. The van der Waals surface area contributed by atoms with Crippen molar-refractivity contribution >= 4 is 0 Å². The van der Waals surface area contributed by atoms with Crippen molar-refractivity contribution in [1.29, 1.82) is 0 Å². The van der Waals surface area contributed by atoms with Crippen molar-refractivity contribution in [3.05, 3.63) is 29.8 Å². The molecule has 1 aromatic carbocycles. The number of aliphatic hydroxyl groups is 1. The molecule has 2 nitrogen and oxygen atoms in total. The summed E-state index contributed by atoms with van der Waals surface area (Å²) in [5, 5.41) is 10.7. The Labute approximate surface area is 116 Å². The lowest BCUT2D eigenvalue weighted by atomic mass is 9.73. The molecule has 0 bridgehead atoms. The van der Waals surface area contributed by atoms with Gasteiger partial charge in [0.1, 0.15) is 5.75 Å². The normalized spacial score (nSPS) is 28.9. The van der Waals surface area contributed by atoms with E-state index >= 15 is 0 Å². The maximum Gasteiger partial charge on any atom is 0.125 e. The van der Waals surface area contributed by atoms with E-state index in [-0.39, 0.29) is 0 Å². The average Bonchev–Trinajstić information content (AvgIpc) is 2.42. The Bertz CT molecular complexity index is 402. The average molecular weight is 262 g/mol. The zero-order chi connectivity index (χ0) is 13.8. The lowest BCUT2D eigenvalue weighted by Crippen LogP contribution is -2.25. The van der Waals surface area contributed by atoms with Crippen LogP contribution in [0.2, 0.25) is 0 Å². The molecular weight excluding hydrogens is 236 g/mol. The Hall–Kier alpha value is -1.02. The van der Waals surface area contributed by atoms with Crippen molar-refractivity contribution in [2.24, 2.45) is 17.8 Å². The molecule has 1 aliphatic rings. The van der Waals surface area contributed by atoms with Gasteiger partial charge in [-0.25, -0.2) is 0 Å². The number of hydrogen-bond donors (Lipinski definition) is 1. The number of benzene rings is 1. The van der Waals surface area contributed by atoms with Gasteiger partial charge < -0.3 is 9.84 Å². The zero-order valence-corrected chi connectivity index (χ0v) is 12.3.